The molecule has 2 rings (SSSR count). The van der Waals surface area contributed by atoms with Crippen molar-refractivity contribution >= 4 is 5.82 Å². The van der Waals surface area contributed by atoms with E-state index in [1.54, 1.807) is 0 Å². The van der Waals surface area contributed by atoms with Crippen LogP contribution < -0.4 is 11.4 Å². The highest BCUT2D eigenvalue weighted by molar-refractivity contribution is 5.23. The first-order chi connectivity index (χ1) is 9.15. The molecular weight excluding hydrogens is 250 g/mol. The normalized spacial score (nSPS) is 25.3. The molecule has 0 aliphatic carbocycles. The molecule has 2 heterocycles. The van der Waals surface area contributed by atoms with E-state index in [0.717, 1.165) is 7.11 Å². The third-order valence-corrected chi connectivity index (χ3v) is 2.74. The number of anilines is 1. The number of nitrogen functional groups attached to an aromatic ring is 1. The Balaban J connectivity index is 0.000000861. The molecule has 3 atom stereocenters. The molecule has 1 aliphatic heterocycles. The Morgan fingerprint density at radius 1 is 1.68 bits per heavy atom. The van der Waals surface area contributed by atoms with Crippen molar-refractivity contribution in [3.8, 4) is 12.3 Å². The average molecular weight is 267 g/mol. The van der Waals surface area contributed by atoms with Gasteiger partial charge in [-0.05, 0) is 12.5 Å². The third kappa shape index (κ3) is 3.32. The van der Waals surface area contributed by atoms with Crippen molar-refractivity contribution in [2.75, 3.05) is 19.5 Å². The van der Waals surface area contributed by atoms with Crippen LogP contribution in [0.25, 0.3) is 0 Å². The van der Waals surface area contributed by atoms with Gasteiger partial charge in [-0.2, -0.15) is 4.98 Å². The Labute approximate surface area is 110 Å². The van der Waals surface area contributed by atoms with Gasteiger partial charge in [-0.3, -0.25) is 4.57 Å². The van der Waals surface area contributed by atoms with Gasteiger partial charge >= 0.3 is 5.69 Å². The molecule has 19 heavy (non-hydrogen) atoms. The topological polar surface area (TPSA) is 111 Å². The predicted molar refractivity (Wildman–Crippen MR) is 69.0 cm³/mol. The highest BCUT2D eigenvalue weighted by atomic mass is 16.5. The molecule has 1 aromatic heterocycles. The molecule has 1 saturated heterocycles. The van der Waals surface area contributed by atoms with Gasteiger partial charge in [-0.25, -0.2) is 4.79 Å². The van der Waals surface area contributed by atoms with Gasteiger partial charge in [0, 0.05) is 13.3 Å². The summed E-state index contributed by atoms with van der Waals surface area (Å²) in [6, 6.07) is 1.50. The number of aliphatic hydroxyl groups is 2. The number of nitrogens with zero attached hydrogens (tertiary/aromatic N) is 2. The van der Waals surface area contributed by atoms with Crippen LogP contribution in [0.4, 0.5) is 5.82 Å². The standard InChI is InChI=1S/C11H13N3O3.CH4O/c1-2-7-5-8(6-15)17-10(7)14-4-3-9(12)13-11(14)16;1-2/h1,3-4,7-8,10,15H,5-6H2,(H2,12,13,16);2H,1H3/t7-,8-,10+;/m0./s1. The van der Waals surface area contributed by atoms with E-state index in [4.69, 9.17) is 27.1 Å². The molecule has 0 bridgehead atoms. The van der Waals surface area contributed by atoms with E-state index in [9.17, 15) is 4.79 Å². The second-order valence-electron chi connectivity index (χ2n) is 3.88. The SMILES string of the molecule is C#C[C@H]1C[C@@H](CO)O[C@H]1n1ccc(N)nc1=O.CO. The fourth-order valence-corrected chi connectivity index (χ4v) is 1.89. The van der Waals surface area contributed by atoms with Gasteiger partial charge in [0.1, 0.15) is 5.82 Å². The monoisotopic (exact) mass is 267 g/mol. The van der Waals surface area contributed by atoms with E-state index in [1.165, 1.54) is 16.8 Å². The highest BCUT2D eigenvalue weighted by Crippen LogP contribution is 2.32. The van der Waals surface area contributed by atoms with Crippen LogP contribution in [-0.2, 0) is 4.74 Å². The maximum Gasteiger partial charge on any atom is 0.351 e. The van der Waals surface area contributed by atoms with Crippen LogP contribution in [0.3, 0.4) is 0 Å². The minimum Gasteiger partial charge on any atom is -0.400 e. The van der Waals surface area contributed by atoms with Gasteiger partial charge in [0.05, 0.1) is 18.6 Å². The van der Waals surface area contributed by atoms with Gasteiger partial charge in [0.15, 0.2) is 6.23 Å². The van der Waals surface area contributed by atoms with Gasteiger partial charge in [-0.1, -0.05) is 5.92 Å². The van der Waals surface area contributed by atoms with Crippen LogP contribution >= 0.6 is 0 Å². The van der Waals surface area contributed by atoms with E-state index in [1.807, 2.05) is 0 Å². The fraction of sp³-hybridized carbons (Fsp3) is 0.500. The summed E-state index contributed by atoms with van der Waals surface area (Å²) in [4.78, 5) is 15.3. The minimum absolute atomic E-state index is 0.119. The molecule has 1 fully saturated rings. The lowest BCUT2D eigenvalue weighted by atomic mass is 10.0. The summed E-state index contributed by atoms with van der Waals surface area (Å²) in [5.74, 6) is 2.46. The molecule has 1 aromatic rings. The molecule has 0 saturated carbocycles. The zero-order chi connectivity index (χ0) is 14.4. The summed E-state index contributed by atoms with van der Waals surface area (Å²) in [5, 5.41) is 16.0. The number of rotatable bonds is 2. The van der Waals surface area contributed by atoms with Crippen LogP contribution in [0.15, 0.2) is 17.1 Å². The summed E-state index contributed by atoms with van der Waals surface area (Å²) in [5.41, 5.74) is 4.90. The zero-order valence-electron chi connectivity index (χ0n) is 10.6. The van der Waals surface area contributed by atoms with Crippen molar-refractivity contribution in [3.63, 3.8) is 0 Å². The van der Waals surface area contributed by atoms with Crippen molar-refractivity contribution in [2.45, 2.75) is 18.8 Å². The molecule has 0 aromatic carbocycles. The van der Waals surface area contributed by atoms with Crippen LogP contribution in [0.1, 0.15) is 12.6 Å². The number of hydrogen-bond acceptors (Lipinski definition) is 6. The Morgan fingerprint density at radius 3 is 2.89 bits per heavy atom. The summed E-state index contributed by atoms with van der Waals surface area (Å²) in [6.45, 7) is -0.119. The summed E-state index contributed by atoms with van der Waals surface area (Å²) in [7, 11) is 1.00. The van der Waals surface area contributed by atoms with Crippen LogP contribution in [0, 0.1) is 18.3 Å². The second kappa shape index (κ2) is 6.89. The lowest BCUT2D eigenvalue weighted by molar-refractivity contribution is -0.0303. The quantitative estimate of drug-likeness (QED) is 0.590. The average Bonchev–Trinajstić information content (AvgIpc) is 2.84. The van der Waals surface area contributed by atoms with Gasteiger partial charge in [-0.15, -0.1) is 6.42 Å². The Morgan fingerprint density at radius 2 is 2.37 bits per heavy atom. The van der Waals surface area contributed by atoms with Crippen LogP contribution in [-0.4, -0.2) is 39.6 Å². The minimum atomic E-state index is -0.585. The Kier molecular flexibility index (Phi) is 5.51. The van der Waals surface area contributed by atoms with E-state index >= 15 is 0 Å². The van der Waals surface area contributed by atoms with Crippen molar-refractivity contribution in [2.24, 2.45) is 5.92 Å². The fourth-order valence-electron chi connectivity index (χ4n) is 1.89. The Hall–Kier alpha value is -1.88. The second-order valence-corrected chi connectivity index (χ2v) is 3.88. The lowest BCUT2D eigenvalue weighted by Crippen LogP contribution is -2.30. The third-order valence-electron chi connectivity index (χ3n) is 2.74. The van der Waals surface area contributed by atoms with E-state index in [0.29, 0.717) is 6.42 Å². The zero-order valence-corrected chi connectivity index (χ0v) is 10.6. The van der Waals surface area contributed by atoms with Crippen molar-refractivity contribution < 1.29 is 14.9 Å². The summed E-state index contributed by atoms with van der Waals surface area (Å²) < 4.78 is 6.81. The van der Waals surface area contributed by atoms with E-state index in [2.05, 4.69) is 10.9 Å². The van der Waals surface area contributed by atoms with Crippen molar-refractivity contribution in [1.29, 1.82) is 0 Å². The van der Waals surface area contributed by atoms with E-state index in [-0.39, 0.29) is 24.4 Å². The summed E-state index contributed by atoms with van der Waals surface area (Å²) in [6.07, 6.45) is 6.48. The molecular formula is C12H17N3O4. The molecule has 1 aliphatic rings. The number of aromatic nitrogens is 2. The van der Waals surface area contributed by atoms with Crippen LogP contribution in [0.2, 0.25) is 0 Å². The number of ether oxygens (including phenoxy) is 1. The molecule has 0 unspecified atom stereocenters. The molecule has 4 N–H and O–H groups in total. The molecule has 0 radical (unpaired) electrons. The van der Waals surface area contributed by atoms with Crippen molar-refractivity contribution in [1.82, 2.24) is 9.55 Å². The maximum absolute atomic E-state index is 11.6. The van der Waals surface area contributed by atoms with Gasteiger partial charge < -0.3 is 20.7 Å². The first kappa shape index (κ1) is 15.2. The molecule has 104 valence electrons. The van der Waals surface area contributed by atoms with Crippen molar-refractivity contribution in [3.05, 3.63) is 22.7 Å². The van der Waals surface area contributed by atoms with Gasteiger partial charge in [0.25, 0.3) is 0 Å². The summed E-state index contributed by atoms with van der Waals surface area (Å²) >= 11 is 0. The number of hydrogen-bond donors (Lipinski definition) is 3. The Bertz CT molecular complexity index is 508. The predicted octanol–water partition coefficient (Wildman–Crippen LogP) is -1.04. The highest BCUT2D eigenvalue weighted by Gasteiger charge is 2.35. The van der Waals surface area contributed by atoms with Gasteiger partial charge in [0.2, 0.25) is 0 Å². The largest absolute Gasteiger partial charge is 0.400 e. The molecule has 7 nitrogen and oxygen atoms in total. The first-order valence-corrected chi connectivity index (χ1v) is 5.67. The number of nitrogens with two attached hydrogens (primary N) is 1. The van der Waals surface area contributed by atoms with E-state index < -0.39 is 11.9 Å². The van der Waals surface area contributed by atoms with Crippen LogP contribution in [0.5, 0.6) is 0 Å². The maximum atomic E-state index is 11.6. The number of aliphatic hydroxyl groups excluding tert-OH is 2. The molecule has 7 heteroatoms. The number of terminal acetylenes is 1. The smallest absolute Gasteiger partial charge is 0.351 e. The lowest BCUT2D eigenvalue weighted by Gasteiger charge is -2.17. The first-order valence-electron chi connectivity index (χ1n) is 5.67. The molecule has 0 amide bonds. The molecule has 0 spiro atoms.